The number of hydrogen-bond acceptors (Lipinski definition) is 3. The molecule has 0 unspecified atom stereocenters. The number of carbonyl (C=O) groups is 2. The van der Waals surface area contributed by atoms with Crippen LogP contribution in [-0.4, -0.2) is 42.8 Å². The van der Waals surface area contributed by atoms with Crippen molar-refractivity contribution in [3.8, 4) is 0 Å². The molecule has 0 atom stereocenters. The van der Waals surface area contributed by atoms with Gasteiger partial charge in [0.25, 0.3) is 5.91 Å². The maximum atomic E-state index is 12.9. The number of aryl methyl sites for hydroxylation is 2. The SMILES string of the molecule is CC(=O)c1ccc(N2CCN(C(=O)c3ccc4c(c3)CCCC4)CC2)cc1. The molecule has 0 aromatic heterocycles. The first-order valence-electron chi connectivity index (χ1n) is 9.89. The Labute approximate surface area is 160 Å². The molecule has 1 fully saturated rings. The number of piperazine rings is 1. The Morgan fingerprint density at radius 3 is 2.07 bits per heavy atom. The highest BCUT2D eigenvalue weighted by Crippen LogP contribution is 2.24. The van der Waals surface area contributed by atoms with E-state index in [4.69, 9.17) is 0 Å². The van der Waals surface area contributed by atoms with Gasteiger partial charge in [-0.3, -0.25) is 9.59 Å². The van der Waals surface area contributed by atoms with E-state index in [1.165, 1.54) is 24.0 Å². The maximum Gasteiger partial charge on any atom is 0.253 e. The number of rotatable bonds is 3. The van der Waals surface area contributed by atoms with E-state index in [2.05, 4.69) is 17.0 Å². The van der Waals surface area contributed by atoms with Crippen LogP contribution in [0, 0.1) is 0 Å². The van der Waals surface area contributed by atoms with E-state index in [0.29, 0.717) is 0 Å². The fourth-order valence-corrected chi connectivity index (χ4v) is 4.12. The van der Waals surface area contributed by atoms with E-state index in [0.717, 1.165) is 55.8 Å². The largest absolute Gasteiger partial charge is 0.368 e. The number of anilines is 1. The highest BCUT2D eigenvalue weighted by molar-refractivity contribution is 5.95. The Kier molecular flexibility index (Phi) is 4.97. The molecule has 0 spiro atoms. The van der Waals surface area contributed by atoms with Crippen LogP contribution in [0.25, 0.3) is 0 Å². The topological polar surface area (TPSA) is 40.6 Å². The number of Topliss-reactive ketones (excluding diaryl/α,β-unsaturated/α-hetero) is 1. The second-order valence-electron chi connectivity index (χ2n) is 7.57. The van der Waals surface area contributed by atoms with Gasteiger partial charge >= 0.3 is 0 Å². The molecule has 4 nitrogen and oxygen atoms in total. The van der Waals surface area contributed by atoms with Crippen LogP contribution in [0.15, 0.2) is 42.5 Å². The minimum Gasteiger partial charge on any atom is -0.368 e. The Balaban J connectivity index is 1.40. The lowest BCUT2D eigenvalue weighted by molar-refractivity contribution is 0.0746. The van der Waals surface area contributed by atoms with Crippen LogP contribution in [0.1, 0.15) is 51.6 Å². The van der Waals surface area contributed by atoms with Crippen molar-refractivity contribution < 1.29 is 9.59 Å². The van der Waals surface area contributed by atoms with Crippen molar-refractivity contribution in [1.29, 1.82) is 0 Å². The molecule has 0 N–H and O–H groups in total. The maximum absolute atomic E-state index is 12.9. The van der Waals surface area contributed by atoms with Gasteiger partial charge in [0, 0.05) is 43.0 Å². The van der Waals surface area contributed by atoms with Crippen LogP contribution in [-0.2, 0) is 12.8 Å². The lowest BCUT2D eigenvalue weighted by atomic mass is 9.90. The molecular formula is C23H26N2O2. The van der Waals surface area contributed by atoms with Crippen molar-refractivity contribution in [2.24, 2.45) is 0 Å². The Hall–Kier alpha value is -2.62. The summed E-state index contributed by atoms with van der Waals surface area (Å²) in [5.74, 6) is 0.233. The van der Waals surface area contributed by atoms with E-state index in [-0.39, 0.29) is 11.7 Å². The first kappa shape index (κ1) is 17.8. The van der Waals surface area contributed by atoms with Gasteiger partial charge in [-0.05, 0) is 80.1 Å². The third-order valence-corrected chi connectivity index (χ3v) is 5.80. The first-order chi connectivity index (χ1) is 13.1. The summed E-state index contributed by atoms with van der Waals surface area (Å²) in [6.45, 7) is 4.67. The normalized spacial score (nSPS) is 16.8. The highest BCUT2D eigenvalue weighted by Gasteiger charge is 2.23. The van der Waals surface area contributed by atoms with Gasteiger partial charge < -0.3 is 9.80 Å². The predicted octanol–water partition coefficient (Wildman–Crippen LogP) is 3.73. The molecule has 27 heavy (non-hydrogen) atoms. The van der Waals surface area contributed by atoms with Crippen molar-refractivity contribution in [1.82, 2.24) is 4.90 Å². The lowest BCUT2D eigenvalue weighted by Gasteiger charge is -2.36. The number of benzene rings is 2. The molecule has 1 saturated heterocycles. The molecule has 1 aliphatic carbocycles. The molecule has 1 amide bonds. The number of carbonyl (C=O) groups excluding carboxylic acids is 2. The number of amides is 1. The summed E-state index contributed by atoms with van der Waals surface area (Å²) in [5.41, 5.74) is 5.45. The monoisotopic (exact) mass is 362 g/mol. The minimum atomic E-state index is 0.0852. The van der Waals surface area contributed by atoms with Crippen molar-refractivity contribution >= 4 is 17.4 Å². The number of hydrogen-bond donors (Lipinski definition) is 0. The van der Waals surface area contributed by atoms with Crippen LogP contribution in [0.5, 0.6) is 0 Å². The van der Waals surface area contributed by atoms with Gasteiger partial charge in [0.05, 0.1) is 0 Å². The van der Waals surface area contributed by atoms with Gasteiger partial charge in [-0.1, -0.05) is 6.07 Å². The fraction of sp³-hybridized carbons (Fsp3) is 0.391. The summed E-state index contributed by atoms with van der Waals surface area (Å²) in [5, 5.41) is 0. The lowest BCUT2D eigenvalue weighted by Crippen LogP contribution is -2.48. The summed E-state index contributed by atoms with van der Waals surface area (Å²) in [4.78, 5) is 28.6. The van der Waals surface area contributed by atoms with Gasteiger partial charge in [-0.2, -0.15) is 0 Å². The van der Waals surface area contributed by atoms with Gasteiger partial charge in [0.15, 0.2) is 5.78 Å². The summed E-state index contributed by atoms with van der Waals surface area (Å²) < 4.78 is 0. The molecule has 2 aliphatic rings. The zero-order valence-corrected chi connectivity index (χ0v) is 15.9. The van der Waals surface area contributed by atoms with Crippen LogP contribution in [0.3, 0.4) is 0 Å². The molecule has 4 rings (SSSR count). The van der Waals surface area contributed by atoms with Crippen LogP contribution < -0.4 is 4.90 Å². The van der Waals surface area contributed by atoms with Gasteiger partial charge in [-0.25, -0.2) is 0 Å². The Bertz CT molecular complexity index is 849. The number of ketones is 1. The Morgan fingerprint density at radius 1 is 0.778 bits per heavy atom. The molecule has 2 aromatic carbocycles. The van der Waals surface area contributed by atoms with Crippen molar-refractivity contribution in [2.45, 2.75) is 32.6 Å². The van der Waals surface area contributed by atoms with Crippen LogP contribution in [0.4, 0.5) is 5.69 Å². The average molecular weight is 362 g/mol. The second kappa shape index (κ2) is 7.55. The van der Waals surface area contributed by atoms with Gasteiger partial charge in [0.1, 0.15) is 0 Å². The van der Waals surface area contributed by atoms with Crippen molar-refractivity contribution in [2.75, 3.05) is 31.1 Å². The van der Waals surface area contributed by atoms with Gasteiger partial charge in [-0.15, -0.1) is 0 Å². The van der Waals surface area contributed by atoms with E-state index < -0.39 is 0 Å². The zero-order valence-electron chi connectivity index (χ0n) is 15.9. The minimum absolute atomic E-state index is 0.0852. The molecule has 0 bridgehead atoms. The van der Waals surface area contributed by atoms with E-state index >= 15 is 0 Å². The Morgan fingerprint density at radius 2 is 1.41 bits per heavy atom. The van der Waals surface area contributed by atoms with E-state index in [1.807, 2.05) is 35.2 Å². The molecule has 2 aromatic rings. The molecular weight excluding hydrogens is 336 g/mol. The second-order valence-corrected chi connectivity index (χ2v) is 7.57. The third kappa shape index (κ3) is 3.75. The summed E-state index contributed by atoms with van der Waals surface area (Å²) >= 11 is 0. The summed E-state index contributed by atoms with van der Waals surface area (Å²) in [7, 11) is 0. The zero-order chi connectivity index (χ0) is 18.8. The van der Waals surface area contributed by atoms with E-state index in [9.17, 15) is 9.59 Å². The third-order valence-electron chi connectivity index (χ3n) is 5.80. The standard InChI is InChI=1S/C23H26N2O2/c1-17(26)18-8-10-22(11-9-18)24-12-14-25(15-13-24)23(27)21-7-6-19-4-2-3-5-20(19)16-21/h6-11,16H,2-5,12-15H2,1H3. The van der Waals surface area contributed by atoms with Crippen LogP contribution >= 0.6 is 0 Å². The molecule has 1 aliphatic heterocycles. The predicted molar refractivity (Wildman–Crippen MR) is 108 cm³/mol. The first-order valence-corrected chi connectivity index (χ1v) is 9.89. The van der Waals surface area contributed by atoms with Crippen LogP contribution in [0.2, 0.25) is 0 Å². The highest BCUT2D eigenvalue weighted by atomic mass is 16.2. The molecule has 0 radical (unpaired) electrons. The summed E-state index contributed by atoms with van der Waals surface area (Å²) in [6.07, 6.45) is 4.73. The van der Waals surface area contributed by atoms with Crippen molar-refractivity contribution in [3.05, 3.63) is 64.7 Å². The van der Waals surface area contributed by atoms with Gasteiger partial charge in [0.2, 0.25) is 0 Å². The molecule has 4 heteroatoms. The van der Waals surface area contributed by atoms with Crippen molar-refractivity contribution in [3.63, 3.8) is 0 Å². The fourth-order valence-electron chi connectivity index (χ4n) is 4.12. The summed E-state index contributed by atoms with van der Waals surface area (Å²) in [6, 6.07) is 14.0. The molecule has 0 saturated carbocycles. The smallest absolute Gasteiger partial charge is 0.253 e. The quantitative estimate of drug-likeness (QED) is 0.781. The molecule has 140 valence electrons. The van der Waals surface area contributed by atoms with E-state index in [1.54, 1.807) is 6.92 Å². The number of fused-ring (bicyclic) bond motifs is 1. The average Bonchev–Trinajstić information content (AvgIpc) is 2.73. The number of nitrogens with zero attached hydrogens (tertiary/aromatic N) is 2. The molecule has 1 heterocycles.